The van der Waals surface area contributed by atoms with Gasteiger partial charge in [-0.2, -0.15) is 0 Å². The molecule has 4 heteroatoms. The van der Waals surface area contributed by atoms with Gasteiger partial charge in [0.15, 0.2) is 0 Å². The molecule has 6 atom stereocenters. The number of fused-ring (bicyclic) bond motifs is 4. The van der Waals surface area contributed by atoms with Crippen LogP contribution in [0.3, 0.4) is 0 Å². The van der Waals surface area contributed by atoms with Crippen molar-refractivity contribution in [1.29, 1.82) is 0 Å². The van der Waals surface area contributed by atoms with Crippen molar-refractivity contribution in [3.63, 3.8) is 0 Å². The Kier molecular flexibility index (Phi) is 8.18. The molecule has 5 rings (SSSR count). The van der Waals surface area contributed by atoms with E-state index in [1.165, 1.54) is 128 Å². The second-order valence-electron chi connectivity index (χ2n) is 11.5. The van der Waals surface area contributed by atoms with Crippen LogP contribution in [0.1, 0.15) is 128 Å². The van der Waals surface area contributed by atoms with Gasteiger partial charge in [0.05, 0.1) is 24.4 Å². The lowest BCUT2D eigenvalue weighted by atomic mass is 9.94. The van der Waals surface area contributed by atoms with Crippen LogP contribution in [0.2, 0.25) is 0 Å². The van der Waals surface area contributed by atoms with Gasteiger partial charge in [-0.15, -0.1) is 0 Å². The van der Waals surface area contributed by atoms with Gasteiger partial charge in [0.1, 0.15) is 0 Å². The summed E-state index contributed by atoms with van der Waals surface area (Å²) in [7, 11) is 0. The molecule has 31 heavy (non-hydrogen) atoms. The van der Waals surface area contributed by atoms with Crippen LogP contribution in [0.5, 0.6) is 0 Å². The number of hydrogen-bond acceptors (Lipinski definition) is 3. The van der Waals surface area contributed by atoms with E-state index < -0.39 is 6.04 Å². The third-order valence-corrected chi connectivity index (χ3v) is 16.7. The molecule has 0 amide bonds. The molecule has 0 N–H and O–H groups in total. The van der Waals surface area contributed by atoms with Crippen LogP contribution in [0, 0.1) is 0 Å². The molecule has 5 fully saturated rings. The van der Waals surface area contributed by atoms with E-state index in [9.17, 15) is 0 Å². The molecule has 2 aliphatic heterocycles. The fourth-order valence-electron chi connectivity index (χ4n) is 8.04. The highest BCUT2D eigenvalue weighted by molar-refractivity contribution is 8.15. The predicted molar refractivity (Wildman–Crippen MR) is 135 cm³/mol. The summed E-state index contributed by atoms with van der Waals surface area (Å²) in [6, 6.07) is -1.56. The maximum Gasteiger partial charge on any atom is 0.0679 e. The lowest BCUT2D eigenvalue weighted by molar-refractivity contribution is -0.101. The van der Waals surface area contributed by atoms with E-state index in [2.05, 4.69) is 0 Å². The molecule has 0 aromatic carbocycles. The summed E-state index contributed by atoms with van der Waals surface area (Å²) in [6.45, 7) is 0. The predicted octanol–water partition coefficient (Wildman–Crippen LogP) is 7.95. The summed E-state index contributed by atoms with van der Waals surface area (Å²) in [6.07, 6.45) is 29.0. The second kappa shape index (κ2) is 10.9. The van der Waals surface area contributed by atoms with Gasteiger partial charge in [-0.25, -0.2) is 0 Å². The maximum absolute atomic E-state index is 7.15. The highest BCUT2D eigenvalue weighted by Gasteiger charge is 2.59. The van der Waals surface area contributed by atoms with Gasteiger partial charge < -0.3 is 9.47 Å². The fourth-order valence-corrected chi connectivity index (χ4v) is 15.8. The quantitative estimate of drug-likeness (QED) is 0.337. The Hall–Kier alpha value is 0.570. The summed E-state index contributed by atoms with van der Waals surface area (Å²) in [4.78, 5) is 0. The second-order valence-corrected chi connectivity index (χ2v) is 16.8. The molecule has 3 aliphatic carbocycles. The van der Waals surface area contributed by atoms with Crippen molar-refractivity contribution in [3.8, 4) is 0 Å². The monoisotopic (exact) mass is 466 g/mol. The SMILES string of the molecule is S=P12C3CCCCCCC3OC3CCCCCCCCC(OC4CCCCCCC41)C32. The van der Waals surface area contributed by atoms with E-state index >= 15 is 0 Å². The van der Waals surface area contributed by atoms with E-state index in [-0.39, 0.29) is 0 Å². The van der Waals surface area contributed by atoms with Gasteiger partial charge in [-0.1, -0.05) is 102 Å². The minimum Gasteiger partial charge on any atom is -0.374 e. The van der Waals surface area contributed by atoms with Crippen molar-refractivity contribution in [2.75, 3.05) is 0 Å². The summed E-state index contributed by atoms with van der Waals surface area (Å²) in [5.41, 5.74) is 1.97. The lowest BCUT2D eigenvalue weighted by Gasteiger charge is -2.60. The first-order valence-corrected chi connectivity index (χ1v) is 17.2. The van der Waals surface area contributed by atoms with Crippen LogP contribution in [-0.4, -0.2) is 41.4 Å². The van der Waals surface area contributed by atoms with Crippen molar-refractivity contribution >= 4 is 17.8 Å². The van der Waals surface area contributed by atoms with Gasteiger partial charge in [-0.05, 0) is 44.6 Å². The molecular formula is C27H47O2PS. The Morgan fingerprint density at radius 2 is 0.742 bits per heavy atom. The summed E-state index contributed by atoms with van der Waals surface area (Å²) >= 11 is 7.15. The van der Waals surface area contributed by atoms with Gasteiger partial charge in [0, 0.05) is 17.0 Å². The zero-order valence-electron chi connectivity index (χ0n) is 19.9. The third kappa shape index (κ3) is 4.87. The molecule has 2 nitrogen and oxygen atoms in total. The number of hydrogen-bond donors (Lipinski definition) is 0. The average molecular weight is 467 g/mol. The Morgan fingerprint density at radius 1 is 0.419 bits per heavy atom. The molecule has 0 radical (unpaired) electrons. The highest BCUT2D eigenvalue weighted by atomic mass is 32.4. The minimum atomic E-state index is -1.56. The molecule has 0 spiro atoms. The van der Waals surface area contributed by atoms with Crippen LogP contribution < -0.4 is 0 Å². The molecule has 3 saturated carbocycles. The Morgan fingerprint density at radius 3 is 1.16 bits per heavy atom. The largest absolute Gasteiger partial charge is 0.374 e. The van der Waals surface area contributed by atoms with Crippen molar-refractivity contribution in [2.45, 2.75) is 170 Å². The summed E-state index contributed by atoms with van der Waals surface area (Å²) in [5, 5.41) is 0. The molecule has 0 aromatic heterocycles. The standard InChI is InChI=1S/C27H47O2PS/c31-30-25-19-13-7-5-9-15-21(25)28-23-17-11-3-1-2-4-12-18-24(27(23)30)29-22-16-10-6-8-14-20-26(22)30/h21-27H,1-20H2. The average Bonchev–Trinajstić information content (AvgIpc) is 2.75. The van der Waals surface area contributed by atoms with Crippen LogP contribution >= 0.6 is 6.04 Å². The first-order valence-electron chi connectivity index (χ1n) is 14.2. The third-order valence-electron chi connectivity index (χ3n) is 9.53. The zero-order chi connectivity index (χ0) is 21.1. The number of ether oxygens (including phenoxy) is 2. The summed E-state index contributed by atoms with van der Waals surface area (Å²) < 4.78 is 14.2. The topological polar surface area (TPSA) is 18.5 Å². The van der Waals surface area contributed by atoms with Crippen molar-refractivity contribution in [3.05, 3.63) is 0 Å². The summed E-state index contributed by atoms with van der Waals surface area (Å²) in [5.74, 6) is 0. The van der Waals surface area contributed by atoms with Gasteiger partial charge in [0.2, 0.25) is 0 Å². The lowest BCUT2D eigenvalue weighted by Crippen LogP contribution is -2.59. The first-order chi connectivity index (χ1) is 15.3. The molecule has 178 valence electrons. The van der Waals surface area contributed by atoms with Crippen molar-refractivity contribution < 1.29 is 9.47 Å². The fraction of sp³-hybridized carbons (Fsp3) is 1.00. The zero-order valence-corrected chi connectivity index (χ0v) is 21.6. The van der Waals surface area contributed by atoms with Crippen molar-refractivity contribution in [1.82, 2.24) is 0 Å². The van der Waals surface area contributed by atoms with E-state index in [0.717, 1.165) is 0 Å². The molecule has 0 bridgehead atoms. The van der Waals surface area contributed by atoms with Gasteiger partial charge >= 0.3 is 0 Å². The Bertz CT molecular complexity index is 576. The maximum atomic E-state index is 7.15. The van der Waals surface area contributed by atoms with Gasteiger partial charge in [-0.3, -0.25) is 0 Å². The highest BCUT2D eigenvalue weighted by Crippen LogP contribution is 2.72. The minimum absolute atomic E-state index is 0.404. The molecule has 6 unspecified atom stereocenters. The van der Waals surface area contributed by atoms with Crippen molar-refractivity contribution in [2.24, 2.45) is 0 Å². The van der Waals surface area contributed by atoms with E-state index in [1.54, 1.807) is 0 Å². The Labute approximate surface area is 197 Å². The number of rotatable bonds is 0. The van der Waals surface area contributed by atoms with Crippen LogP contribution in [0.4, 0.5) is 0 Å². The van der Waals surface area contributed by atoms with Crippen LogP contribution in [-0.2, 0) is 21.3 Å². The molecule has 0 aromatic rings. The molecule has 2 saturated heterocycles. The van der Waals surface area contributed by atoms with Gasteiger partial charge in [0.25, 0.3) is 0 Å². The van der Waals surface area contributed by atoms with Crippen LogP contribution in [0.15, 0.2) is 0 Å². The first kappa shape index (κ1) is 23.3. The Balaban J connectivity index is 1.54. The van der Waals surface area contributed by atoms with E-state index in [0.29, 0.717) is 41.4 Å². The van der Waals surface area contributed by atoms with Crippen LogP contribution in [0.25, 0.3) is 0 Å². The smallest absolute Gasteiger partial charge is 0.0679 e. The normalized spacial score (nSPS) is 47.7. The molecule has 5 aliphatic rings. The van der Waals surface area contributed by atoms with E-state index in [1.807, 2.05) is 0 Å². The molecular weight excluding hydrogens is 419 g/mol. The van der Waals surface area contributed by atoms with E-state index in [4.69, 9.17) is 21.3 Å². The molecule has 2 heterocycles.